The van der Waals surface area contributed by atoms with E-state index in [1.807, 2.05) is 56.3 Å². The van der Waals surface area contributed by atoms with E-state index in [4.69, 9.17) is 0 Å². The number of carbonyl (C=O) groups excluding carboxylic acids is 1. The predicted molar refractivity (Wildman–Crippen MR) is 131 cm³/mol. The van der Waals surface area contributed by atoms with Crippen molar-refractivity contribution >= 4 is 28.3 Å². The maximum atomic E-state index is 13.5. The van der Waals surface area contributed by atoms with Gasteiger partial charge < -0.3 is 4.90 Å². The average molecular weight is 463 g/mol. The molecule has 0 atom stereocenters. The molecule has 0 bridgehead atoms. The summed E-state index contributed by atoms with van der Waals surface area (Å²) in [5, 5.41) is 0.240. The molecule has 1 N–H and O–H groups in total. The number of amides is 1. The highest BCUT2D eigenvalue weighted by atomic mass is 32.1. The van der Waals surface area contributed by atoms with E-state index in [0.29, 0.717) is 37.3 Å². The Labute approximate surface area is 195 Å². The smallest absolute Gasteiger partial charge is 0.329 e. The molecule has 7 nitrogen and oxygen atoms in total. The Balaban J connectivity index is 1.68. The summed E-state index contributed by atoms with van der Waals surface area (Å²) in [6, 6.07) is 15.7. The van der Waals surface area contributed by atoms with Crippen molar-refractivity contribution in [1.29, 1.82) is 0 Å². The molecule has 0 spiro atoms. The van der Waals surface area contributed by atoms with Crippen molar-refractivity contribution in [2.24, 2.45) is 0 Å². The minimum atomic E-state index is -0.533. The molecule has 0 saturated heterocycles. The molecule has 0 radical (unpaired) electrons. The summed E-state index contributed by atoms with van der Waals surface area (Å²) in [4.78, 5) is 48.9. The van der Waals surface area contributed by atoms with Gasteiger partial charge in [0.15, 0.2) is 0 Å². The van der Waals surface area contributed by atoms with Crippen molar-refractivity contribution in [1.82, 2.24) is 19.4 Å². The number of aromatic nitrogens is 3. The van der Waals surface area contributed by atoms with Crippen LogP contribution in [-0.4, -0.2) is 31.9 Å². The molecule has 0 saturated carbocycles. The minimum Gasteiger partial charge on any atom is -0.333 e. The lowest BCUT2D eigenvalue weighted by Crippen LogP contribution is -2.33. The quantitative estimate of drug-likeness (QED) is 0.432. The van der Waals surface area contributed by atoms with Crippen molar-refractivity contribution in [3.05, 3.63) is 96.4 Å². The first-order chi connectivity index (χ1) is 16.0. The van der Waals surface area contributed by atoms with Crippen LogP contribution in [0, 0.1) is 6.92 Å². The lowest BCUT2D eigenvalue weighted by atomic mass is 10.1. The van der Waals surface area contributed by atoms with E-state index in [1.54, 1.807) is 22.3 Å². The van der Waals surface area contributed by atoms with Crippen LogP contribution in [0.2, 0.25) is 0 Å². The van der Waals surface area contributed by atoms with E-state index in [0.717, 1.165) is 16.9 Å². The van der Waals surface area contributed by atoms with Crippen molar-refractivity contribution in [2.75, 3.05) is 6.54 Å². The predicted octanol–water partition coefficient (Wildman–Crippen LogP) is 3.75. The molecule has 4 rings (SSSR count). The molecule has 1 amide bonds. The average Bonchev–Trinajstić information content (AvgIpc) is 3.24. The highest BCUT2D eigenvalue weighted by Gasteiger charge is 2.19. The normalized spacial score (nSPS) is 11.1. The summed E-state index contributed by atoms with van der Waals surface area (Å²) in [6.07, 6.45) is 2.90. The second-order valence-electron chi connectivity index (χ2n) is 7.98. The number of nitrogens with zero attached hydrogens (tertiary/aromatic N) is 3. The molecule has 170 valence electrons. The van der Waals surface area contributed by atoms with Gasteiger partial charge in [-0.25, -0.2) is 9.78 Å². The summed E-state index contributed by atoms with van der Waals surface area (Å²) in [7, 11) is 0. The second kappa shape index (κ2) is 9.95. The molecule has 4 aromatic rings. The third kappa shape index (κ3) is 5.12. The van der Waals surface area contributed by atoms with Gasteiger partial charge in [-0.3, -0.25) is 19.1 Å². The summed E-state index contributed by atoms with van der Waals surface area (Å²) < 4.78 is 1.44. The van der Waals surface area contributed by atoms with Crippen molar-refractivity contribution in [2.45, 2.75) is 39.8 Å². The van der Waals surface area contributed by atoms with Gasteiger partial charge in [-0.15, -0.1) is 11.3 Å². The number of carbonyl (C=O) groups is 1. The van der Waals surface area contributed by atoms with E-state index in [-0.39, 0.29) is 11.3 Å². The molecule has 3 heterocycles. The Bertz CT molecular complexity index is 1390. The van der Waals surface area contributed by atoms with Crippen molar-refractivity contribution in [3.63, 3.8) is 0 Å². The van der Waals surface area contributed by atoms with Crippen LogP contribution in [0.15, 0.2) is 64.3 Å². The Hall–Kier alpha value is -3.52. The SMILES string of the molecule is CCCn1c(=O)[nH]c(=O)c2cc(C(=O)N(CCc3ccccc3)Cc3ccc(C)s3)cnc21. The van der Waals surface area contributed by atoms with Gasteiger partial charge in [0.1, 0.15) is 5.65 Å². The molecule has 0 unspecified atom stereocenters. The number of rotatable bonds is 8. The second-order valence-corrected chi connectivity index (χ2v) is 9.35. The van der Waals surface area contributed by atoms with Crippen LogP contribution in [0.25, 0.3) is 11.0 Å². The maximum Gasteiger partial charge on any atom is 0.329 e. The molecular weight excluding hydrogens is 436 g/mol. The molecule has 0 aliphatic rings. The van der Waals surface area contributed by atoms with E-state index in [1.165, 1.54) is 15.6 Å². The van der Waals surface area contributed by atoms with Gasteiger partial charge in [-0.1, -0.05) is 37.3 Å². The number of hydrogen-bond donors (Lipinski definition) is 1. The third-order valence-corrected chi connectivity index (χ3v) is 6.46. The van der Waals surface area contributed by atoms with Crippen molar-refractivity contribution < 1.29 is 4.79 Å². The lowest BCUT2D eigenvalue weighted by Gasteiger charge is -2.22. The van der Waals surface area contributed by atoms with Crippen LogP contribution >= 0.6 is 11.3 Å². The van der Waals surface area contributed by atoms with Crippen LogP contribution in [0.3, 0.4) is 0 Å². The number of thiophene rings is 1. The van der Waals surface area contributed by atoms with Gasteiger partial charge in [0.25, 0.3) is 11.5 Å². The number of pyridine rings is 1. The molecule has 1 aromatic carbocycles. The fourth-order valence-corrected chi connectivity index (χ4v) is 4.72. The van der Waals surface area contributed by atoms with E-state index in [9.17, 15) is 14.4 Å². The largest absolute Gasteiger partial charge is 0.333 e. The standard InChI is InChI=1S/C25H26N4O3S/c1-3-12-29-22-21(23(30)27-25(29)32)14-19(15-26-22)24(31)28(16-20-10-9-17(2)33-20)13-11-18-7-5-4-6-8-18/h4-10,14-15H,3,11-13,16H2,1-2H3,(H,27,30,32). The fraction of sp³-hybridized carbons (Fsp3) is 0.280. The van der Waals surface area contributed by atoms with Gasteiger partial charge >= 0.3 is 5.69 Å². The Morgan fingerprint density at radius 2 is 1.94 bits per heavy atom. The van der Waals surface area contributed by atoms with Gasteiger partial charge in [-0.05, 0) is 43.5 Å². The number of benzene rings is 1. The van der Waals surface area contributed by atoms with Crippen LogP contribution in [-0.2, 0) is 19.5 Å². The molecule has 0 aliphatic heterocycles. The number of nitrogens with one attached hydrogen (secondary N) is 1. The number of fused-ring (bicyclic) bond motifs is 1. The number of hydrogen-bond acceptors (Lipinski definition) is 5. The first-order valence-electron chi connectivity index (χ1n) is 11.0. The summed E-state index contributed by atoms with van der Waals surface area (Å²) in [6.45, 7) is 5.43. The first-order valence-corrected chi connectivity index (χ1v) is 11.8. The topological polar surface area (TPSA) is 88.1 Å². The molecule has 33 heavy (non-hydrogen) atoms. The Morgan fingerprint density at radius 3 is 2.64 bits per heavy atom. The Kier molecular flexibility index (Phi) is 6.84. The summed E-state index contributed by atoms with van der Waals surface area (Å²) in [5.41, 5.74) is 0.755. The number of H-pyrrole nitrogens is 1. The van der Waals surface area contributed by atoms with Crippen LogP contribution < -0.4 is 11.2 Å². The van der Waals surface area contributed by atoms with Crippen LogP contribution in [0.1, 0.15) is 39.0 Å². The monoisotopic (exact) mass is 462 g/mol. The zero-order chi connectivity index (χ0) is 23.4. The zero-order valence-electron chi connectivity index (χ0n) is 18.7. The molecule has 3 aromatic heterocycles. The van der Waals surface area contributed by atoms with Crippen LogP contribution in [0.4, 0.5) is 0 Å². The highest BCUT2D eigenvalue weighted by molar-refractivity contribution is 7.11. The Morgan fingerprint density at radius 1 is 1.15 bits per heavy atom. The highest BCUT2D eigenvalue weighted by Crippen LogP contribution is 2.19. The van der Waals surface area contributed by atoms with E-state index in [2.05, 4.69) is 9.97 Å². The first kappa shape index (κ1) is 22.7. The third-order valence-electron chi connectivity index (χ3n) is 5.47. The van der Waals surface area contributed by atoms with Gasteiger partial charge in [0.05, 0.1) is 17.5 Å². The van der Waals surface area contributed by atoms with Gasteiger partial charge in [0, 0.05) is 29.0 Å². The van der Waals surface area contributed by atoms with Crippen molar-refractivity contribution in [3.8, 4) is 0 Å². The number of aryl methyl sites for hydroxylation is 2. The van der Waals surface area contributed by atoms with Gasteiger partial charge in [-0.2, -0.15) is 0 Å². The van der Waals surface area contributed by atoms with E-state index < -0.39 is 11.2 Å². The summed E-state index contributed by atoms with van der Waals surface area (Å²) in [5.74, 6) is -0.195. The van der Waals surface area contributed by atoms with E-state index >= 15 is 0 Å². The molecule has 0 aliphatic carbocycles. The molecule has 0 fully saturated rings. The van der Waals surface area contributed by atoms with Crippen LogP contribution in [0.5, 0.6) is 0 Å². The minimum absolute atomic E-state index is 0.195. The molecular formula is C25H26N4O3S. The zero-order valence-corrected chi connectivity index (χ0v) is 19.5. The lowest BCUT2D eigenvalue weighted by molar-refractivity contribution is 0.0746. The number of aromatic amines is 1. The fourth-order valence-electron chi connectivity index (χ4n) is 3.82. The van der Waals surface area contributed by atoms with Gasteiger partial charge in [0.2, 0.25) is 0 Å². The maximum absolute atomic E-state index is 13.5. The summed E-state index contributed by atoms with van der Waals surface area (Å²) >= 11 is 1.66. The molecule has 8 heteroatoms.